The van der Waals surface area contributed by atoms with Crippen LogP contribution in [0.3, 0.4) is 0 Å². The van der Waals surface area contributed by atoms with Crippen molar-refractivity contribution in [3.8, 4) is 11.3 Å². The fourth-order valence-electron chi connectivity index (χ4n) is 3.71. The number of rotatable bonds is 5. The smallest absolute Gasteiger partial charge is 0.341 e. The molecular formula is C23H21N5O4S. The molecule has 33 heavy (non-hydrogen) atoms. The number of para-hydroxylation sites is 1. The van der Waals surface area contributed by atoms with Gasteiger partial charge in [0.05, 0.1) is 40.0 Å². The number of carbonyl (C=O) groups is 3. The van der Waals surface area contributed by atoms with Crippen molar-refractivity contribution in [1.82, 2.24) is 14.8 Å². The summed E-state index contributed by atoms with van der Waals surface area (Å²) in [7, 11) is 3.04. The topological polar surface area (TPSA) is 129 Å². The van der Waals surface area contributed by atoms with E-state index in [2.05, 4.69) is 10.4 Å². The first-order valence-electron chi connectivity index (χ1n) is 9.94. The van der Waals surface area contributed by atoms with Crippen LogP contribution >= 0.6 is 11.3 Å². The minimum atomic E-state index is -0.688. The second-order valence-electron chi connectivity index (χ2n) is 7.44. The zero-order valence-corrected chi connectivity index (χ0v) is 19.2. The fraction of sp³-hybridized carbons (Fsp3) is 0.174. The molecule has 0 spiro atoms. The second-order valence-corrected chi connectivity index (χ2v) is 8.46. The van der Waals surface area contributed by atoms with E-state index in [1.807, 2.05) is 38.4 Å². The molecule has 4 rings (SSSR count). The molecule has 0 aliphatic heterocycles. The van der Waals surface area contributed by atoms with E-state index in [1.54, 1.807) is 23.7 Å². The first kappa shape index (κ1) is 22.2. The van der Waals surface area contributed by atoms with Crippen LogP contribution in [0.5, 0.6) is 0 Å². The number of nitrogens with one attached hydrogen (secondary N) is 1. The molecule has 0 aliphatic carbocycles. The number of anilines is 1. The fourth-order valence-corrected chi connectivity index (χ4v) is 4.75. The minimum absolute atomic E-state index is 0.103. The molecule has 4 aromatic rings. The lowest BCUT2D eigenvalue weighted by Crippen LogP contribution is -2.15. The zero-order chi connectivity index (χ0) is 23.9. The van der Waals surface area contributed by atoms with Crippen LogP contribution < -0.4 is 11.1 Å². The Balaban J connectivity index is 1.84. The van der Waals surface area contributed by atoms with E-state index in [9.17, 15) is 14.4 Å². The lowest BCUT2D eigenvalue weighted by molar-refractivity contribution is 0.0601. The maximum absolute atomic E-state index is 13.4. The van der Waals surface area contributed by atoms with Crippen molar-refractivity contribution in [2.75, 3.05) is 12.4 Å². The van der Waals surface area contributed by atoms with E-state index in [0.29, 0.717) is 27.7 Å². The summed E-state index contributed by atoms with van der Waals surface area (Å²) in [5.74, 6) is -1.82. The number of ether oxygens (including phenoxy) is 1. The minimum Gasteiger partial charge on any atom is -0.465 e. The number of aryl methyl sites for hydroxylation is 2. The van der Waals surface area contributed by atoms with Gasteiger partial charge < -0.3 is 15.8 Å². The maximum Gasteiger partial charge on any atom is 0.341 e. The van der Waals surface area contributed by atoms with Gasteiger partial charge in [-0.2, -0.15) is 5.10 Å². The summed E-state index contributed by atoms with van der Waals surface area (Å²) in [5, 5.41) is 7.97. The standard InChI is InChI=1S/C23H21N5O4S/c1-11-18(23(31)32-4)22(33-19(11)20(24)29)26-21(30)14-9-17(15-10-28(3)27-12(15)2)25-16-8-6-5-7-13(14)16/h5-10H,1-4H3,(H2,24,29)(H,26,30). The Bertz CT molecular complexity index is 1440. The number of methoxy groups -OCH3 is 1. The number of hydrogen-bond donors (Lipinski definition) is 2. The number of esters is 1. The van der Waals surface area contributed by atoms with Crippen molar-refractivity contribution in [3.05, 3.63) is 63.8 Å². The van der Waals surface area contributed by atoms with Crippen molar-refractivity contribution in [1.29, 1.82) is 0 Å². The molecular weight excluding hydrogens is 442 g/mol. The molecule has 0 bridgehead atoms. The van der Waals surface area contributed by atoms with Crippen LogP contribution in [0.25, 0.3) is 22.2 Å². The Morgan fingerprint density at radius 1 is 1.18 bits per heavy atom. The van der Waals surface area contributed by atoms with Gasteiger partial charge in [0.2, 0.25) is 0 Å². The quantitative estimate of drug-likeness (QED) is 0.436. The van der Waals surface area contributed by atoms with Crippen molar-refractivity contribution in [3.63, 3.8) is 0 Å². The van der Waals surface area contributed by atoms with Crippen LogP contribution in [0, 0.1) is 13.8 Å². The van der Waals surface area contributed by atoms with Gasteiger partial charge in [-0.1, -0.05) is 18.2 Å². The zero-order valence-electron chi connectivity index (χ0n) is 18.4. The molecule has 0 atom stereocenters. The van der Waals surface area contributed by atoms with Crippen molar-refractivity contribution < 1.29 is 19.1 Å². The van der Waals surface area contributed by atoms with E-state index >= 15 is 0 Å². The maximum atomic E-state index is 13.4. The molecule has 0 saturated heterocycles. The van der Waals surface area contributed by atoms with Gasteiger partial charge in [-0.3, -0.25) is 14.3 Å². The van der Waals surface area contributed by atoms with Crippen LogP contribution in [0.1, 0.15) is 41.6 Å². The molecule has 0 aliphatic rings. The number of thiophene rings is 1. The van der Waals surface area contributed by atoms with Gasteiger partial charge in [-0.15, -0.1) is 11.3 Å². The number of carbonyl (C=O) groups excluding carboxylic acids is 3. The predicted molar refractivity (Wildman–Crippen MR) is 126 cm³/mol. The van der Waals surface area contributed by atoms with Gasteiger partial charge in [0, 0.05) is 24.2 Å². The van der Waals surface area contributed by atoms with Crippen molar-refractivity contribution >= 4 is 45.0 Å². The van der Waals surface area contributed by atoms with Gasteiger partial charge in [0.25, 0.3) is 11.8 Å². The molecule has 3 aromatic heterocycles. The van der Waals surface area contributed by atoms with Crippen molar-refractivity contribution in [2.24, 2.45) is 12.8 Å². The third-order valence-electron chi connectivity index (χ3n) is 5.24. The van der Waals surface area contributed by atoms with E-state index in [1.165, 1.54) is 7.11 Å². The second kappa shape index (κ2) is 8.47. The van der Waals surface area contributed by atoms with Gasteiger partial charge in [-0.05, 0) is 31.5 Å². The number of aromatic nitrogens is 3. The van der Waals surface area contributed by atoms with Gasteiger partial charge >= 0.3 is 5.97 Å². The molecule has 0 saturated carbocycles. The summed E-state index contributed by atoms with van der Waals surface area (Å²) < 4.78 is 6.53. The molecule has 0 radical (unpaired) electrons. The molecule has 2 amide bonds. The van der Waals surface area contributed by atoms with E-state index < -0.39 is 17.8 Å². The molecule has 168 valence electrons. The number of nitrogens with two attached hydrogens (primary N) is 1. The van der Waals surface area contributed by atoms with Crippen LogP contribution in [0.15, 0.2) is 36.5 Å². The number of pyridine rings is 1. The highest BCUT2D eigenvalue weighted by Crippen LogP contribution is 2.34. The summed E-state index contributed by atoms with van der Waals surface area (Å²) in [5.41, 5.74) is 9.08. The molecule has 1 aromatic carbocycles. The van der Waals surface area contributed by atoms with Gasteiger partial charge in [-0.25, -0.2) is 9.78 Å². The Kier molecular flexibility index (Phi) is 5.69. The highest BCUT2D eigenvalue weighted by atomic mass is 32.1. The number of hydrogen-bond acceptors (Lipinski definition) is 7. The number of nitrogens with zero attached hydrogens (tertiary/aromatic N) is 3. The van der Waals surface area contributed by atoms with E-state index in [4.69, 9.17) is 15.5 Å². The predicted octanol–water partition coefficient (Wildman–Crippen LogP) is 3.45. The molecule has 3 heterocycles. The highest BCUT2D eigenvalue weighted by molar-refractivity contribution is 7.18. The molecule has 9 nitrogen and oxygen atoms in total. The summed E-state index contributed by atoms with van der Waals surface area (Å²) in [4.78, 5) is 42.5. The summed E-state index contributed by atoms with van der Waals surface area (Å²) in [6, 6.07) is 8.97. The van der Waals surface area contributed by atoms with Crippen LogP contribution in [-0.4, -0.2) is 39.7 Å². The summed E-state index contributed by atoms with van der Waals surface area (Å²) in [6.45, 7) is 3.46. The first-order chi connectivity index (χ1) is 15.7. The highest BCUT2D eigenvalue weighted by Gasteiger charge is 2.26. The largest absolute Gasteiger partial charge is 0.465 e. The van der Waals surface area contributed by atoms with Crippen molar-refractivity contribution in [2.45, 2.75) is 13.8 Å². The number of amides is 2. The first-order valence-corrected chi connectivity index (χ1v) is 10.8. The van der Waals surface area contributed by atoms with Crippen LogP contribution in [0.2, 0.25) is 0 Å². The molecule has 3 N–H and O–H groups in total. The number of primary amides is 1. The average Bonchev–Trinajstić information content (AvgIpc) is 3.30. The van der Waals surface area contributed by atoms with Crippen LogP contribution in [-0.2, 0) is 11.8 Å². The lowest BCUT2D eigenvalue weighted by Gasteiger charge is -2.10. The van der Waals surface area contributed by atoms with Crippen LogP contribution in [0.4, 0.5) is 5.00 Å². The summed E-state index contributed by atoms with van der Waals surface area (Å²) >= 11 is 0.936. The molecule has 0 fully saturated rings. The normalized spacial score (nSPS) is 10.9. The Morgan fingerprint density at radius 2 is 1.91 bits per heavy atom. The van der Waals surface area contributed by atoms with Gasteiger partial charge in [0.1, 0.15) is 5.00 Å². The number of fused-ring (bicyclic) bond motifs is 1. The lowest BCUT2D eigenvalue weighted by atomic mass is 10.0. The van der Waals surface area contributed by atoms with E-state index in [-0.39, 0.29) is 15.4 Å². The van der Waals surface area contributed by atoms with Gasteiger partial charge in [0.15, 0.2) is 0 Å². The SMILES string of the molecule is COC(=O)c1c(NC(=O)c2cc(-c3cn(C)nc3C)nc3ccccc23)sc(C(N)=O)c1C. The Hall–Kier alpha value is -4.05. The monoisotopic (exact) mass is 463 g/mol. The van der Waals surface area contributed by atoms with E-state index in [0.717, 1.165) is 22.6 Å². The third kappa shape index (κ3) is 3.96. The third-order valence-corrected chi connectivity index (χ3v) is 6.46. The molecule has 10 heteroatoms. The summed E-state index contributed by atoms with van der Waals surface area (Å²) in [6.07, 6.45) is 1.84. The number of benzene rings is 1. The Morgan fingerprint density at radius 3 is 2.55 bits per heavy atom. The average molecular weight is 464 g/mol. The Labute approximate surface area is 193 Å². The molecule has 0 unspecified atom stereocenters.